The molecule has 2 heterocycles. The molecule has 2 aliphatic heterocycles. The van der Waals surface area contributed by atoms with E-state index in [2.05, 4.69) is 52.0 Å². The molecule has 0 aliphatic carbocycles. The summed E-state index contributed by atoms with van der Waals surface area (Å²) in [7, 11) is -2.60. The van der Waals surface area contributed by atoms with Gasteiger partial charge in [-0.3, -0.25) is 0 Å². The Balaban J connectivity index is 2.16. The molecule has 0 saturated carbocycles. The molecule has 122 valence electrons. The van der Waals surface area contributed by atoms with E-state index in [1.165, 1.54) is 25.7 Å². The maximum atomic E-state index is 4.92. The Morgan fingerprint density at radius 1 is 0.682 bits per heavy atom. The van der Waals surface area contributed by atoms with Crippen molar-refractivity contribution in [2.24, 2.45) is 0 Å². The third-order valence-corrected chi connectivity index (χ3v) is 17.0. The normalized spacial score (nSPS) is 36.6. The van der Waals surface area contributed by atoms with Crippen LogP contribution < -0.4 is 10.6 Å². The highest BCUT2D eigenvalue weighted by Crippen LogP contribution is 2.75. The average Bonchev–Trinajstić information content (AvgIpc) is 2.94. The first-order chi connectivity index (χ1) is 10.3. The van der Waals surface area contributed by atoms with Gasteiger partial charge in [0.1, 0.15) is 10.6 Å². The molecular formula is C20H32P2. The van der Waals surface area contributed by atoms with Crippen LogP contribution in [0.3, 0.4) is 0 Å². The van der Waals surface area contributed by atoms with Crippen LogP contribution in [0.1, 0.15) is 53.4 Å². The molecule has 1 aromatic rings. The lowest BCUT2D eigenvalue weighted by Gasteiger charge is -2.41. The van der Waals surface area contributed by atoms with Gasteiger partial charge in [-0.15, -0.1) is 0 Å². The minimum atomic E-state index is -1.30. The molecule has 0 radical (unpaired) electrons. The molecule has 2 aliphatic rings. The van der Waals surface area contributed by atoms with Crippen LogP contribution in [0.25, 0.3) is 0 Å². The van der Waals surface area contributed by atoms with E-state index in [0.717, 1.165) is 22.6 Å². The Hall–Kier alpha value is 0.0800. The molecule has 0 aromatic heterocycles. The predicted molar refractivity (Wildman–Crippen MR) is 107 cm³/mol. The number of benzene rings is 1. The van der Waals surface area contributed by atoms with E-state index < -0.39 is 14.5 Å². The molecule has 2 heteroatoms. The van der Waals surface area contributed by atoms with E-state index in [1.54, 1.807) is 10.6 Å². The van der Waals surface area contributed by atoms with Gasteiger partial charge in [-0.05, 0) is 65.5 Å². The van der Waals surface area contributed by atoms with Crippen molar-refractivity contribution < 1.29 is 0 Å². The molecule has 0 unspecified atom stereocenters. The summed E-state index contributed by atoms with van der Waals surface area (Å²) in [5.41, 5.74) is 3.12. The van der Waals surface area contributed by atoms with Crippen LogP contribution in [0.5, 0.6) is 0 Å². The van der Waals surface area contributed by atoms with E-state index in [1.807, 2.05) is 0 Å². The van der Waals surface area contributed by atoms with Gasteiger partial charge in [0.25, 0.3) is 0 Å². The van der Waals surface area contributed by atoms with Gasteiger partial charge in [0, 0.05) is 22.6 Å². The van der Waals surface area contributed by atoms with Crippen molar-refractivity contribution in [1.29, 1.82) is 0 Å². The van der Waals surface area contributed by atoms with Crippen molar-refractivity contribution in [3.8, 4) is 0 Å². The van der Waals surface area contributed by atoms with Gasteiger partial charge in [0.05, 0.1) is 0 Å². The lowest BCUT2D eigenvalue weighted by molar-refractivity contribution is 0.777. The SMILES string of the molecule is [CH2-][P+]1(c2ccccc2[P+]2([CH2-])[C@H](C)CC[C@H]2C)[C@H](C)CC[C@H]1C. The van der Waals surface area contributed by atoms with Crippen molar-refractivity contribution in [1.82, 2.24) is 0 Å². The molecular weight excluding hydrogens is 302 g/mol. The summed E-state index contributed by atoms with van der Waals surface area (Å²) >= 11 is 0. The van der Waals surface area contributed by atoms with Gasteiger partial charge in [-0.1, -0.05) is 26.7 Å². The number of hydrogen-bond acceptors (Lipinski definition) is 0. The van der Waals surface area contributed by atoms with E-state index >= 15 is 0 Å². The van der Waals surface area contributed by atoms with Gasteiger partial charge in [-0.25, -0.2) is 0 Å². The second kappa shape index (κ2) is 5.86. The second-order valence-electron chi connectivity index (χ2n) is 7.90. The third-order valence-electron chi connectivity index (χ3n) is 6.93. The molecule has 0 bridgehead atoms. The summed E-state index contributed by atoms with van der Waals surface area (Å²) in [6.07, 6.45) is 5.45. The van der Waals surface area contributed by atoms with Crippen molar-refractivity contribution >= 4 is 25.1 Å². The molecule has 0 amide bonds. The predicted octanol–water partition coefficient (Wildman–Crippen LogP) is 5.70. The van der Waals surface area contributed by atoms with Crippen LogP contribution in [-0.2, 0) is 0 Å². The van der Waals surface area contributed by atoms with Crippen LogP contribution in [0.15, 0.2) is 24.3 Å². The second-order valence-corrected chi connectivity index (χ2v) is 16.1. The summed E-state index contributed by atoms with van der Waals surface area (Å²) in [6.45, 7) is 19.7. The van der Waals surface area contributed by atoms with Crippen LogP contribution in [0, 0.1) is 13.3 Å². The first kappa shape index (κ1) is 16.9. The van der Waals surface area contributed by atoms with Gasteiger partial charge in [0.2, 0.25) is 0 Å². The summed E-state index contributed by atoms with van der Waals surface area (Å²) in [6, 6.07) is 9.36. The Labute approximate surface area is 139 Å². The smallest absolute Gasteiger partial charge is 0.104 e. The molecule has 0 nitrogen and oxygen atoms in total. The zero-order valence-electron chi connectivity index (χ0n) is 14.8. The third kappa shape index (κ3) is 2.24. The summed E-state index contributed by atoms with van der Waals surface area (Å²) < 4.78 is 0. The molecule has 3 rings (SSSR count). The zero-order valence-corrected chi connectivity index (χ0v) is 16.5. The molecule has 1 aromatic carbocycles. The van der Waals surface area contributed by atoms with Gasteiger partial charge < -0.3 is 0 Å². The van der Waals surface area contributed by atoms with Crippen molar-refractivity contribution in [3.05, 3.63) is 37.6 Å². The highest BCUT2D eigenvalue weighted by atomic mass is 31.2. The van der Waals surface area contributed by atoms with E-state index in [-0.39, 0.29) is 0 Å². The zero-order chi connectivity index (χ0) is 16.1. The maximum absolute atomic E-state index is 4.92. The minimum absolute atomic E-state index is 0.781. The Morgan fingerprint density at radius 2 is 0.955 bits per heavy atom. The lowest BCUT2D eigenvalue weighted by atomic mass is 10.2. The van der Waals surface area contributed by atoms with Crippen LogP contribution in [0.4, 0.5) is 0 Å². The maximum Gasteiger partial charge on any atom is 0.104 e. The summed E-state index contributed by atoms with van der Waals surface area (Å²) in [5, 5.41) is 3.30. The first-order valence-electron chi connectivity index (χ1n) is 8.88. The standard InChI is InChI=1S/C20H32P2/c1-15-11-12-16(2)21(15,5)19-9-7-8-10-20(19)22(6)17(3)13-14-18(22)4/h7-10,15-18H,5-6,11-14H2,1-4H3/t15-,16-,17-,18-/m1/s1. The Bertz CT molecular complexity index is 481. The number of rotatable bonds is 2. The fourth-order valence-corrected chi connectivity index (χ4v) is 13.8. The van der Waals surface area contributed by atoms with Crippen molar-refractivity contribution in [3.63, 3.8) is 0 Å². The molecule has 2 saturated heterocycles. The molecule has 0 N–H and O–H groups in total. The monoisotopic (exact) mass is 334 g/mol. The first-order valence-corrected chi connectivity index (χ1v) is 13.1. The quantitative estimate of drug-likeness (QED) is 0.481. The summed E-state index contributed by atoms with van der Waals surface area (Å²) in [5.74, 6) is 0. The highest BCUT2D eigenvalue weighted by Gasteiger charge is 2.52. The molecule has 2 fully saturated rings. The van der Waals surface area contributed by atoms with Crippen LogP contribution in [0.2, 0.25) is 0 Å². The fraction of sp³-hybridized carbons (Fsp3) is 0.600. The molecule has 4 atom stereocenters. The molecule has 0 spiro atoms. The van der Waals surface area contributed by atoms with Crippen molar-refractivity contribution in [2.75, 3.05) is 0 Å². The fourth-order valence-electron chi connectivity index (χ4n) is 4.87. The van der Waals surface area contributed by atoms with E-state index in [9.17, 15) is 0 Å². The van der Waals surface area contributed by atoms with Gasteiger partial charge in [0.15, 0.2) is 0 Å². The topological polar surface area (TPSA) is 0 Å². The Kier molecular flexibility index (Phi) is 4.51. The molecule has 22 heavy (non-hydrogen) atoms. The lowest BCUT2D eigenvalue weighted by Crippen LogP contribution is -2.36. The van der Waals surface area contributed by atoms with E-state index in [0.29, 0.717) is 0 Å². The van der Waals surface area contributed by atoms with Crippen LogP contribution in [-0.4, -0.2) is 22.6 Å². The van der Waals surface area contributed by atoms with Gasteiger partial charge >= 0.3 is 0 Å². The van der Waals surface area contributed by atoms with Crippen LogP contribution >= 0.6 is 14.5 Å². The minimum Gasteiger partial charge on any atom is -0.174 e. The average molecular weight is 334 g/mol. The van der Waals surface area contributed by atoms with Gasteiger partial charge in [-0.2, -0.15) is 13.3 Å². The summed E-state index contributed by atoms with van der Waals surface area (Å²) in [4.78, 5) is 0. The highest BCUT2D eigenvalue weighted by molar-refractivity contribution is 7.91. The van der Waals surface area contributed by atoms with E-state index in [4.69, 9.17) is 13.3 Å². The Morgan fingerprint density at radius 3 is 1.23 bits per heavy atom. The largest absolute Gasteiger partial charge is 0.174 e. The number of hydrogen-bond donors (Lipinski definition) is 0. The van der Waals surface area contributed by atoms with Crippen molar-refractivity contribution in [2.45, 2.75) is 76.0 Å².